The van der Waals surface area contributed by atoms with Crippen molar-refractivity contribution in [3.8, 4) is 23.1 Å². The van der Waals surface area contributed by atoms with Gasteiger partial charge >= 0.3 is 12.2 Å². The number of carbonyl (C=O) groups excluding carboxylic acids is 5. The summed E-state index contributed by atoms with van der Waals surface area (Å²) in [6, 6.07) is 11.5. The van der Waals surface area contributed by atoms with Crippen LogP contribution >= 0.6 is 0 Å². The molecule has 2 unspecified atom stereocenters. The lowest BCUT2D eigenvalue weighted by atomic mass is 9.85. The van der Waals surface area contributed by atoms with Crippen LogP contribution in [0.15, 0.2) is 67.0 Å². The second kappa shape index (κ2) is 24.2. The molecule has 21 heteroatoms. The van der Waals surface area contributed by atoms with E-state index in [9.17, 15) is 29.1 Å². The molecule has 2 aromatic carbocycles. The Balaban J connectivity index is 1.11. The molecule has 3 saturated heterocycles. The quantitative estimate of drug-likeness (QED) is 0.0739. The highest BCUT2D eigenvalue weighted by atomic mass is 19.1. The second-order valence-electron chi connectivity index (χ2n) is 21.8. The number of nitrogens with one attached hydrogen (secondary N) is 4. The first kappa shape index (κ1) is 56.6. The predicted octanol–water partition coefficient (Wildman–Crippen LogP) is 4.98. The fourth-order valence-electron chi connectivity index (χ4n) is 9.80. The summed E-state index contributed by atoms with van der Waals surface area (Å²) in [7, 11) is 3.97. The number of fused-ring (bicyclic) bond motifs is 2. The topological polar surface area (TPSA) is 222 Å². The zero-order chi connectivity index (χ0) is 55.1. The van der Waals surface area contributed by atoms with Crippen LogP contribution in [0.4, 0.5) is 24.2 Å². The van der Waals surface area contributed by atoms with Gasteiger partial charge in [-0.15, -0.1) is 0 Å². The number of rotatable bonds is 16. The van der Waals surface area contributed by atoms with E-state index >= 15 is 8.78 Å². The Morgan fingerprint density at radius 1 is 0.829 bits per heavy atom. The van der Waals surface area contributed by atoms with E-state index in [1.54, 1.807) is 91.3 Å². The summed E-state index contributed by atoms with van der Waals surface area (Å²) >= 11 is 0. The lowest BCUT2D eigenvalue weighted by Crippen LogP contribution is -2.61. The fraction of sp³-hybridized carbons (Fsp3) is 0.509. The van der Waals surface area contributed by atoms with E-state index in [1.807, 2.05) is 12.1 Å². The molecule has 5 heterocycles. The van der Waals surface area contributed by atoms with Gasteiger partial charge in [-0.05, 0) is 91.0 Å². The number of aromatic nitrogens is 3. The van der Waals surface area contributed by atoms with Crippen LogP contribution < -0.4 is 26.3 Å². The number of aliphatic hydroxyl groups is 1. The van der Waals surface area contributed by atoms with Gasteiger partial charge in [0.1, 0.15) is 35.6 Å². The minimum absolute atomic E-state index is 0.00261. The van der Waals surface area contributed by atoms with Crippen LogP contribution in [0.1, 0.15) is 89.5 Å². The molecule has 19 nitrogen and oxygen atoms in total. The van der Waals surface area contributed by atoms with Gasteiger partial charge in [0.15, 0.2) is 0 Å². The molecule has 7 rings (SSSR count). The third-order valence-corrected chi connectivity index (χ3v) is 13.9. The molecule has 3 fully saturated rings. The van der Waals surface area contributed by atoms with Gasteiger partial charge in [0.05, 0.1) is 32.1 Å². The summed E-state index contributed by atoms with van der Waals surface area (Å²) < 4.78 is 48.9. The first-order valence-corrected chi connectivity index (χ1v) is 25.5. The molecule has 3 aliphatic rings. The van der Waals surface area contributed by atoms with Crippen molar-refractivity contribution in [2.24, 2.45) is 17.9 Å². The second-order valence-corrected chi connectivity index (χ2v) is 21.8. The van der Waals surface area contributed by atoms with Gasteiger partial charge < -0.3 is 45.1 Å². The van der Waals surface area contributed by atoms with Crippen LogP contribution in [0.3, 0.4) is 0 Å². The maximum absolute atomic E-state index is 16.0. The van der Waals surface area contributed by atoms with Crippen molar-refractivity contribution in [2.75, 3.05) is 45.4 Å². The molecule has 0 spiro atoms. The minimum atomic E-state index is -1.56. The molecular weight excluding hydrogens is 983 g/mol. The van der Waals surface area contributed by atoms with Gasteiger partial charge in [0, 0.05) is 86.6 Å². The van der Waals surface area contributed by atoms with Crippen molar-refractivity contribution >= 4 is 35.7 Å². The Bertz CT molecular complexity index is 2740. The number of amides is 5. The van der Waals surface area contributed by atoms with Gasteiger partial charge in [-0.3, -0.25) is 24.5 Å². The number of carbonyl (C=O) groups is 5. The zero-order valence-corrected chi connectivity index (χ0v) is 44.6. The fourth-order valence-corrected chi connectivity index (χ4v) is 9.80. The van der Waals surface area contributed by atoms with Crippen molar-refractivity contribution in [2.45, 2.75) is 123 Å². The number of aliphatic hydroxyl groups excluding tert-OH is 1. The van der Waals surface area contributed by atoms with Gasteiger partial charge in [0.25, 0.3) is 11.8 Å². The Morgan fingerprint density at radius 2 is 1.42 bits per heavy atom. The van der Waals surface area contributed by atoms with Gasteiger partial charge in [-0.25, -0.2) is 28.4 Å². The summed E-state index contributed by atoms with van der Waals surface area (Å²) in [6.45, 7) is 11.2. The van der Waals surface area contributed by atoms with Crippen molar-refractivity contribution in [3.05, 3.63) is 101 Å². The number of pyridine rings is 1. The first-order valence-electron chi connectivity index (χ1n) is 25.5. The summed E-state index contributed by atoms with van der Waals surface area (Å²) in [5.74, 6) is 3.88. The Labute approximate surface area is 442 Å². The third-order valence-electron chi connectivity index (χ3n) is 13.9. The normalized spacial score (nSPS) is 18.9. The van der Waals surface area contributed by atoms with Gasteiger partial charge in [-0.1, -0.05) is 65.5 Å². The summed E-state index contributed by atoms with van der Waals surface area (Å²) in [4.78, 5) is 75.5. The SMILES string of the molecule is COC(=O)N[C@H](C(=O)N[C@@H](Cc1ccc(C#Cc2ccc(N3CC4CCC(C3)N4C(=O)[C@@H]3CCCO3)nc2)cc1)[C@@H](O)CN(Cc1c(F)cc(-c2ccn(C)n2)cc1F)NC(=O)[C@@H](NC(=O)OC)C(C)(C)C)C(C)(C)C. The van der Waals surface area contributed by atoms with E-state index in [1.165, 1.54) is 4.68 Å². The largest absolute Gasteiger partial charge is 0.453 e. The highest BCUT2D eigenvalue weighted by Gasteiger charge is 2.45. The number of anilines is 1. The van der Waals surface area contributed by atoms with E-state index < -0.39 is 89.3 Å². The highest BCUT2D eigenvalue weighted by Crippen LogP contribution is 2.34. The van der Waals surface area contributed by atoms with E-state index in [-0.39, 0.29) is 36.1 Å². The summed E-state index contributed by atoms with van der Waals surface area (Å²) in [5, 5.41) is 25.5. The molecule has 5 N–H and O–H groups in total. The third kappa shape index (κ3) is 14.2. The number of piperazine rings is 1. The molecular formula is C55H70F2N10O9. The molecule has 4 aromatic rings. The molecule has 2 aromatic heterocycles. The van der Waals surface area contributed by atoms with Gasteiger partial charge in [0.2, 0.25) is 5.91 Å². The minimum Gasteiger partial charge on any atom is -0.453 e. The zero-order valence-electron chi connectivity index (χ0n) is 44.6. The number of halogens is 2. The van der Waals surface area contributed by atoms with Crippen molar-refractivity contribution in [3.63, 3.8) is 0 Å². The number of nitrogens with zero attached hydrogens (tertiary/aromatic N) is 6. The molecule has 3 aliphatic heterocycles. The average Bonchev–Trinajstić information content (AvgIpc) is 4.15. The molecule has 0 radical (unpaired) electrons. The molecule has 0 saturated carbocycles. The van der Waals surface area contributed by atoms with Crippen LogP contribution in [0.25, 0.3) is 11.3 Å². The lowest BCUT2D eigenvalue weighted by Gasteiger charge is -2.42. The summed E-state index contributed by atoms with van der Waals surface area (Å²) in [5.41, 5.74) is 2.94. The van der Waals surface area contributed by atoms with E-state index in [0.29, 0.717) is 42.1 Å². The van der Waals surface area contributed by atoms with Crippen molar-refractivity contribution < 1.29 is 52.1 Å². The van der Waals surface area contributed by atoms with Gasteiger partial charge in [-0.2, -0.15) is 5.10 Å². The molecule has 5 amide bonds. The van der Waals surface area contributed by atoms with Crippen molar-refractivity contribution in [1.82, 2.24) is 46.0 Å². The Hall–Kier alpha value is -7.15. The molecule has 2 bridgehead atoms. The molecule has 408 valence electrons. The molecule has 7 atom stereocenters. The number of methoxy groups -OCH3 is 2. The summed E-state index contributed by atoms with van der Waals surface area (Å²) in [6.07, 6.45) is 3.29. The van der Waals surface area contributed by atoms with E-state index in [2.05, 4.69) is 48.1 Å². The number of alkyl carbamates (subject to hydrolysis) is 2. The van der Waals surface area contributed by atoms with Crippen LogP contribution in [0.2, 0.25) is 0 Å². The van der Waals surface area contributed by atoms with Crippen LogP contribution in [-0.2, 0) is 48.6 Å². The predicted molar refractivity (Wildman–Crippen MR) is 278 cm³/mol. The molecule has 0 aliphatic carbocycles. The maximum atomic E-state index is 16.0. The van der Waals surface area contributed by atoms with E-state index in [4.69, 9.17) is 19.2 Å². The number of aryl methyl sites for hydroxylation is 1. The van der Waals surface area contributed by atoms with Crippen LogP contribution in [-0.4, -0.2) is 143 Å². The number of hydrogen-bond donors (Lipinski definition) is 5. The smallest absolute Gasteiger partial charge is 0.407 e. The van der Waals surface area contributed by atoms with Crippen LogP contribution in [0, 0.1) is 34.3 Å². The molecule has 76 heavy (non-hydrogen) atoms. The number of ether oxygens (including phenoxy) is 3. The number of benzene rings is 2. The maximum Gasteiger partial charge on any atom is 0.407 e. The van der Waals surface area contributed by atoms with E-state index in [0.717, 1.165) is 62.9 Å². The number of hydrazine groups is 1. The highest BCUT2D eigenvalue weighted by molar-refractivity contribution is 5.87. The standard InChI is InChI=1S/C55H70F2N10O9/c1-54(2,3)47(60-52(72)74-8)49(69)59-43(44(68)32-66(63-50(70)48(55(4,5)6)61-53(73)75-9)31-39-40(56)26-36(27-41(39)57)42-22-23-64(7)62-42)25-34-15-12-33(13-16-34)14-17-35-18-21-46(58-28-35)65-29-37-19-20-38(30-65)67(37)51(71)45-11-10-24-76-45/h12-13,15-16,18,21-23,26-28,37-38,43-45,47-48,68H,10-11,19-20,24-25,29-32H2,1-9H3,(H,59,69)(H,60,72)(H,61,73)(H,63,70)/t37?,38?,43-,44-,45-,47+,48+/m0/s1. The van der Waals surface area contributed by atoms with Crippen molar-refractivity contribution in [1.29, 1.82) is 0 Å². The van der Waals surface area contributed by atoms with Crippen LogP contribution in [0.5, 0.6) is 0 Å². The lowest BCUT2D eigenvalue weighted by molar-refractivity contribution is -0.144. The number of hydrogen-bond acceptors (Lipinski definition) is 13. The Kier molecular flexibility index (Phi) is 18.0. The average molecular weight is 1050 g/mol. The monoisotopic (exact) mass is 1050 g/mol. The Morgan fingerprint density at radius 3 is 1.95 bits per heavy atom. The first-order chi connectivity index (χ1) is 36.0.